The Hall–Kier alpha value is -1.08. The molecule has 0 saturated heterocycles. The summed E-state index contributed by atoms with van der Waals surface area (Å²) in [7, 11) is 1.83. The van der Waals surface area contributed by atoms with Gasteiger partial charge in [0.15, 0.2) is 0 Å². The third-order valence-corrected chi connectivity index (χ3v) is 2.43. The smallest absolute Gasteiger partial charge is 0.372 e. The number of nitrogens with zero attached hydrogens (tertiary/aromatic N) is 2. The molecule has 0 aliphatic heterocycles. The van der Waals surface area contributed by atoms with E-state index in [1.807, 2.05) is 18.5 Å². The highest BCUT2D eigenvalue weighted by atomic mass is 19.4. The summed E-state index contributed by atoms with van der Waals surface area (Å²) in [5, 5.41) is 3.02. The number of ether oxygens (including phenoxy) is 1. The Labute approximate surface area is 104 Å². The summed E-state index contributed by atoms with van der Waals surface area (Å²) in [6.45, 7) is 2.08. The fraction of sp³-hybridized carbons (Fsp3) is 0.727. The van der Waals surface area contributed by atoms with Crippen LogP contribution in [-0.2, 0) is 17.8 Å². The quantitative estimate of drug-likeness (QED) is 0.765. The summed E-state index contributed by atoms with van der Waals surface area (Å²) in [4.78, 5) is 4.18. The second-order valence-corrected chi connectivity index (χ2v) is 4.00. The first kappa shape index (κ1) is 15.0. The molecule has 0 unspecified atom stereocenters. The predicted molar refractivity (Wildman–Crippen MR) is 61.2 cm³/mol. The predicted octanol–water partition coefficient (Wildman–Crippen LogP) is 1.88. The molecule has 4 nitrogen and oxygen atoms in total. The van der Waals surface area contributed by atoms with E-state index in [0.717, 1.165) is 11.5 Å². The molecule has 0 aromatic carbocycles. The van der Waals surface area contributed by atoms with Crippen LogP contribution < -0.4 is 5.32 Å². The molecule has 1 rings (SSSR count). The van der Waals surface area contributed by atoms with Crippen LogP contribution in [0.2, 0.25) is 0 Å². The van der Waals surface area contributed by atoms with Gasteiger partial charge in [0.2, 0.25) is 0 Å². The van der Waals surface area contributed by atoms with Gasteiger partial charge in [0.25, 0.3) is 0 Å². The standard InChI is InChI=1S/C11H18F3N3O/c1-9-16-7-10(6-15-2)17(9)4-3-5-18-8-11(12,13)14/h7,15H,3-6,8H2,1-2H3. The summed E-state index contributed by atoms with van der Waals surface area (Å²) < 4.78 is 42.1. The van der Waals surface area contributed by atoms with Gasteiger partial charge in [-0.1, -0.05) is 0 Å². The summed E-state index contributed by atoms with van der Waals surface area (Å²) >= 11 is 0. The molecule has 1 N–H and O–H groups in total. The Kier molecular flexibility index (Phi) is 5.61. The molecule has 7 heteroatoms. The van der Waals surface area contributed by atoms with Crippen LogP contribution in [-0.4, -0.2) is 36.0 Å². The minimum Gasteiger partial charge on any atom is -0.372 e. The molecule has 104 valence electrons. The topological polar surface area (TPSA) is 39.1 Å². The maximum absolute atomic E-state index is 11.8. The van der Waals surface area contributed by atoms with Gasteiger partial charge in [-0.05, 0) is 20.4 Å². The zero-order valence-corrected chi connectivity index (χ0v) is 10.5. The molecule has 0 amide bonds. The van der Waals surface area contributed by atoms with E-state index in [0.29, 0.717) is 19.5 Å². The molecule has 0 spiro atoms. The van der Waals surface area contributed by atoms with Crippen LogP contribution in [0.3, 0.4) is 0 Å². The molecule has 0 atom stereocenters. The van der Waals surface area contributed by atoms with Crippen LogP contribution in [0.1, 0.15) is 17.9 Å². The zero-order valence-electron chi connectivity index (χ0n) is 10.5. The first-order valence-electron chi connectivity index (χ1n) is 5.74. The molecular formula is C11H18F3N3O. The lowest BCUT2D eigenvalue weighted by atomic mass is 10.4. The van der Waals surface area contributed by atoms with E-state index < -0.39 is 12.8 Å². The SMILES string of the molecule is CNCc1cnc(C)n1CCCOCC(F)(F)F. The average molecular weight is 265 g/mol. The van der Waals surface area contributed by atoms with Crippen molar-refractivity contribution < 1.29 is 17.9 Å². The van der Waals surface area contributed by atoms with E-state index in [9.17, 15) is 13.2 Å². The van der Waals surface area contributed by atoms with Crippen molar-refractivity contribution in [1.82, 2.24) is 14.9 Å². The van der Waals surface area contributed by atoms with Crippen molar-refractivity contribution in [3.8, 4) is 0 Å². The van der Waals surface area contributed by atoms with Crippen LogP contribution in [0.4, 0.5) is 13.2 Å². The number of aryl methyl sites for hydroxylation is 1. The van der Waals surface area contributed by atoms with E-state index in [1.54, 1.807) is 6.20 Å². The maximum atomic E-state index is 11.8. The number of rotatable bonds is 7. The van der Waals surface area contributed by atoms with Crippen LogP contribution in [0.15, 0.2) is 6.20 Å². The Balaban J connectivity index is 2.32. The molecule has 0 bridgehead atoms. The average Bonchev–Trinajstić information content (AvgIpc) is 2.59. The molecular weight excluding hydrogens is 247 g/mol. The highest BCUT2D eigenvalue weighted by Gasteiger charge is 2.27. The van der Waals surface area contributed by atoms with Gasteiger partial charge in [0.1, 0.15) is 12.4 Å². The van der Waals surface area contributed by atoms with Gasteiger partial charge < -0.3 is 14.6 Å². The highest BCUT2D eigenvalue weighted by Crippen LogP contribution is 2.14. The van der Waals surface area contributed by atoms with Crippen molar-refractivity contribution in [2.45, 2.75) is 32.6 Å². The first-order valence-corrected chi connectivity index (χ1v) is 5.74. The van der Waals surface area contributed by atoms with Gasteiger partial charge in [0.05, 0.1) is 5.69 Å². The summed E-state index contributed by atoms with van der Waals surface area (Å²) in [5.74, 6) is 0.857. The van der Waals surface area contributed by atoms with E-state index in [2.05, 4.69) is 15.0 Å². The number of alkyl halides is 3. The summed E-state index contributed by atoms with van der Waals surface area (Å²) in [6, 6.07) is 0. The second kappa shape index (κ2) is 6.75. The van der Waals surface area contributed by atoms with Gasteiger partial charge in [-0.25, -0.2) is 4.98 Å². The largest absolute Gasteiger partial charge is 0.411 e. The van der Waals surface area contributed by atoms with Gasteiger partial charge in [-0.2, -0.15) is 13.2 Å². The van der Waals surface area contributed by atoms with Crippen molar-refractivity contribution in [2.75, 3.05) is 20.3 Å². The number of hydrogen-bond donors (Lipinski definition) is 1. The lowest BCUT2D eigenvalue weighted by Gasteiger charge is -2.11. The fourth-order valence-electron chi connectivity index (χ4n) is 1.66. The Bertz CT molecular complexity index is 363. The van der Waals surface area contributed by atoms with Crippen LogP contribution >= 0.6 is 0 Å². The van der Waals surface area contributed by atoms with Gasteiger partial charge >= 0.3 is 6.18 Å². The molecule has 18 heavy (non-hydrogen) atoms. The Morgan fingerprint density at radius 3 is 2.78 bits per heavy atom. The molecule has 1 aromatic rings. The van der Waals surface area contributed by atoms with E-state index >= 15 is 0 Å². The summed E-state index contributed by atoms with van der Waals surface area (Å²) in [5.41, 5.74) is 1.02. The molecule has 0 radical (unpaired) electrons. The van der Waals surface area contributed by atoms with E-state index in [4.69, 9.17) is 0 Å². The van der Waals surface area contributed by atoms with Crippen molar-refractivity contribution in [1.29, 1.82) is 0 Å². The minimum atomic E-state index is -4.25. The van der Waals surface area contributed by atoms with Crippen LogP contribution in [0, 0.1) is 6.92 Å². The number of hydrogen-bond acceptors (Lipinski definition) is 3. The normalized spacial score (nSPS) is 12.1. The molecule has 1 aromatic heterocycles. The Morgan fingerprint density at radius 2 is 2.17 bits per heavy atom. The lowest BCUT2D eigenvalue weighted by molar-refractivity contribution is -0.174. The van der Waals surface area contributed by atoms with E-state index in [-0.39, 0.29) is 6.61 Å². The van der Waals surface area contributed by atoms with Gasteiger partial charge in [-0.15, -0.1) is 0 Å². The first-order chi connectivity index (χ1) is 8.44. The van der Waals surface area contributed by atoms with E-state index in [1.165, 1.54) is 0 Å². The molecule has 0 aliphatic rings. The molecule has 0 fully saturated rings. The van der Waals surface area contributed by atoms with Crippen LogP contribution in [0.25, 0.3) is 0 Å². The molecule has 1 heterocycles. The van der Waals surface area contributed by atoms with Crippen molar-refractivity contribution >= 4 is 0 Å². The lowest BCUT2D eigenvalue weighted by Crippen LogP contribution is -2.18. The number of imidazole rings is 1. The monoisotopic (exact) mass is 265 g/mol. The maximum Gasteiger partial charge on any atom is 0.411 e. The van der Waals surface area contributed by atoms with Gasteiger partial charge in [-0.3, -0.25) is 0 Å². The van der Waals surface area contributed by atoms with Gasteiger partial charge in [0, 0.05) is 25.9 Å². The Morgan fingerprint density at radius 1 is 1.44 bits per heavy atom. The van der Waals surface area contributed by atoms with Crippen molar-refractivity contribution in [3.05, 3.63) is 17.7 Å². The minimum absolute atomic E-state index is 0.0934. The van der Waals surface area contributed by atoms with Crippen LogP contribution in [0.5, 0.6) is 0 Å². The zero-order chi connectivity index (χ0) is 13.6. The summed E-state index contributed by atoms with van der Waals surface area (Å²) in [6.07, 6.45) is -1.95. The second-order valence-electron chi connectivity index (χ2n) is 4.00. The third-order valence-electron chi connectivity index (χ3n) is 2.43. The number of aromatic nitrogens is 2. The number of nitrogens with one attached hydrogen (secondary N) is 1. The molecule has 0 saturated carbocycles. The molecule has 0 aliphatic carbocycles. The number of halogens is 3. The van der Waals surface area contributed by atoms with Crippen molar-refractivity contribution in [2.24, 2.45) is 0 Å². The third kappa shape index (κ3) is 5.05. The fourth-order valence-corrected chi connectivity index (χ4v) is 1.66. The van der Waals surface area contributed by atoms with Crippen molar-refractivity contribution in [3.63, 3.8) is 0 Å². The highest BCUT2D eigenvalue weighted by molar-refractivity contribution is 5.04.